The number of carboxylic acid groups (broad SMARTS) is 2. The molecule has 7 nitrogen and oxygen atoms in total. The molecule has 140 valence electrons. The molecule has 0 amide bonds. The normalized spacial score (nSPS) is 9.65. The van der Waals surface area contributed by atoms with E-state index in [0.29, 0.717) is 13.1 Å². The molecule has 0 saturated carbocycles. The Bertz CT molecular complexity index is 721. The van der Waals surface area contributed by atoms with Gasteiger partial charge in [0.1, 0.15) is 17.3 Å². The molecule has 2 aromatic rings. The number of ether oxygens (including phenoxy) is 2. The van der Waals surface area contributed by atoms with E-state index >= 15 is 0 Å². The van der Waals surface area contributed by atoms with Crippen molar-refractivity contribution in [3.8, 4) is 11.5 Å². The van der Waals surface area contributed by atoms with Gasteiger partial charge in [-0.25, -0.2) is 14.0 Å². The van der Waals surface area contributed by atoms with E-state index < -0.39 is 11.9 Å². The largest absolute Gasteiger partial charge is 0.497 e. The maximum atomic E-state index is 12.8. The fraction of sp³-hybridized carbons (Fsp3) is 0.222. The van der Waals surface area contributed by atoms with Gasteiger partial charge in [-0.2, -0.15) is 0 Å². The van der Waals surface area contributed by atoms with Crippen LogP contribution >= 0.6 is 0 Å². The number of hydrogen-bond acceptors (Lipinski definition) is 5. The fourth-order valence-electron chi connectivity index (χ4n) is 1.94. The molecule has 0 radical (unpaired) electrons. The quantitative estimate of drug-likeness (QED) is 0.675. The first-order chi connectivity index (χ1) is 12.4. The van der Waals surface area contributed by atoms with Crippen molar-refractivity contribution in [1.29, 1.82) is 0 Å². The molecule has 0 bridgehead atoms. The molecule has 0 aliphatic rings. The van der Waals surface area contributed by atoms with Crippen LogP contribution in [0.3, 0.4) is 0 Å². The summed E-state index contributed by atoms with van der Waals surface area (Å²) in [5.41, 5.74) is 2.09. The van der Waals surface area contributed by atoms with Crippen molar-refractivity contribution in [2.75, 3.05) is 14.2 Å². The van der Waals surface area contributed by atoms with E-state index in [0.717, 1.165) is 22.6 Å². The molecule has 3 N–H and O–H groups in total. The molecular weight excluding hydrogens is 345 g/mol. The molecule has 0 saturated heterocycles. The topological polar surface area (TPSA) is 105 Å². The van der Waals surface area contributed by atoms with Crippen LogP contribution in [-0.4, -0.2) is 36.4 Å². The van der Waals surface area contributed by atoms with Crippen LogP contribution in [-0.2, 0) is 22.7 Å². The molecule has 0 aromatic heterocycles. The van der Waals surface area contributed by atoms with Crippen molar-refractivity contribution in [3.63, 3.8) is 0 Å². The summed E-state index contributed by atoms with van der Waals surface area (Å²) >= 11 is 0. The monoisotopic (exact) mass is 365 g/mol. The van der Waals surface area contributed by atoms with Gasteiger partial charge in [0.25, 0.3) is 0 Å². The van der Waals surface area contributed by atoms with E-state index in [4.69, 9.17) is 29.3 Å². The number of hydrogen-bond donors (Lipinski definition) is 3. The van der Waals surface area contributed by atoms with Gasteiger partial charge in [-0.15, -0.1) is 0 Å². The minimum atomic E-state index is -1.82. The highest BCUT2D eigenvalue weighted by Gasteiger charge is 2.05. The summed E-state index contributed by atoms with van der Waals surface area (Å²) in [6.07, 6.45) is 0. The van der Waals surface area contributed by atoms with Crippen molar-refractivity contribution < 1.29 is 33.7 Å². The summed E-state index contributed by atoms with van der Waals surface area (Å²) in [6, 6.07) is 12.2. The van der Waals surface area contributed by atoms with E-state index in [1.165, 1.54) is 12.1 Å². The average Bonchev–Trinajstić information content (AvgIpc) is 2.64. The Morgan fingerprint density at radius 1 is 0.962 bits per heavy atom. The molecule has 0 fully saturated rings. The van der Waals surface area contributed by atoms with Crippen LogP contribution in [0, 0.1) is 5.82 Å². The number of nitrogens with one attached hydrogen (secondary N) is 1. The van der Waals surface area contributed by atoms with Crippen LogP contribution in [0.4, 0.5) is 4.39 Å². The minimum absolute atomic E-state index is 0.217. The number of carbonyl (C=O) groups is 2. The zero-order chi connectivity index (χ0) is 19.5. The van der Waals surface area contributed by atoms with Gasteiger partial charge in [-0.3, -0.25) is 0 Å². The highest BCUT2D eigenvalue weighted by atomic mass is 19.1. The van der Waals surface area contributed by atoms with Gasteiger partial charge in [0, 0.05) is 24.7 Å². The van der Waals surface area contributed by atoms with Gasteiger partial charge < -0.3 is 25.0 Å². The van der Waals surface area contributed by atoms with Crippen molar-refractivity contribution in [1.82, 2.24) is 5.32 Å². The van der Waals surface area contributed by atoms with Gasteiger partial charge in [0.05, 0.1) is 14.2 Å². The van der Waals surface area contributed by atoms with Crippen molar-refractivity contribution in [2.24, 2.45) is 0 Å². The van der Waals surface area contributed by atoms with Gasteiger partial charge in [0.2, 0.25) is 0 Å². The van der Waals surface area contributed by atoms with E-state index in [1.54, 1.807) is 26.4 Å². The Kier molecular flexibility index (Phi) is 8.59. The molecular formula is C18H20FNO6. The van der Waals surface area contributed by atoms with Gasteiger partial charge in [0.15, 0.2) is 0 Å². The first-order valence-corrected chi connectivity index (χ1v) is 7.49. The van der Waals surface area contributed by atoms with Gasteiger partial charge in [-0.05, 0) is 23.8 Å². The number of aliphatic carboxylic acids is 2. The molecule has 0 aliphatic carbocycles. The Morgan fingerprint density at radius 3 is 2.08 bits per heavy atom. The lowest BCUT2D eigenvalue weighted by atomic mass is 10.1. The van der Waals surface area contributed by atoms with Crippen molar-refractivity contribution in [3.05, 3.63) is 59.4 Å². The Labute approximate surface area is 150 Å². The summed E-state index contributed by atoms with van der Waals surface area (Å²) in [5, 5.41) is 18.1. The Morgan fingerprint density at radius 2 is 1.58 bits per heavy atom. The molecule has 8 heteroatoms. The predicted molar refractivity (Wildman–Crippen MR) is 91.8 cm³/mol. The number of rotatable bonds is 6. The lowest BCUT2D eigenvalue weighted by Gasteiger charge is -2.11. The van der Waals surface area contributed by atoms with Crippen LogP contribution in [0.1, 0.15) is 11.1 Å². The van der Waals surface area contributed by atoms with Gasteiger partial charge in [-0.1, -0.05) is 18.2 Å². The van der Waals surface area contributed by atoms with Crippen molar-refractivity contribution >= 4 is 11.9 Å². The third-order valence-electron chi connectivity index (χ3n) is 3.24. The standard InChI is InChI=1S/C16H18FNO2.C2H2O4/c1-19-15-8-5-13(16(9-15)20-2)11-18-10-12-3-6-14(17)7-4-12;3-1(4)2(5)6/h3-9,18H,10-11H2,1-2H3;(H,3,4)(H,5,6). The zero-order valence-electron chi connectivity index (χ0n) is 14.4. The first-order valence-electron chi connectivity index (χ1n) is 7.49. The zero-order valence-corrected chi connectivity index (χ0v) is 14.4. The van der Waals surface area contributed by atoms with Gasteiger partial charge >= 0.3 is 11.9 Å². The molecule has 2 aromatic carbocycles. The average molecular weight is 365 g/mol. The van der Waals surface area contributed by atoms with E-state index in [9.17, 15) is 4.39 Å². The predicted octanol–water partition coefficient (Wildman–Crippen LogP) is 2.29. The summed E-state index contributed by atoms with van der Waals surface area (Å²) in [7, 11) is 3.26. The molecule has 0 spiro atoms. The second kappa shape index (κ2) is 10.7. The lowest BCUT2D eigenvalue weighted by Crippen LogP contribution is -2.13. The number of benzene rings is 2. The second-order valence-corrected chi connectivity index (χ2v) is 5.02. The highest BCUT2D eigenvalue weighted by Crippen LogP contribution is 2.24. The SMILES string of the molecule is COc1ccc(CNCc2ccc(F)cc2)c(OC)c1.O=C(O)C(=O)O. The number of methoxy groups -OCH3 is 2. The van der Waals surface area contributed by atoms with Crippen LogP contribution < -0.4 is 14.8 Å². The van der Waals surface area contributed by atoms with E-state index in [1.807, 2.05) is 18.2 Å². The first kappa shape index (κ1) is 20.9. The summed E-state index contributed by atoms with van der Waals surface area (Å²) in [6.45, 7) is 1.35. The molecule has 26 heavy (non-hydrogen) atoms. The third kappa shape index (κ3) is 7.18. The number of halogens is 1. The Hall–Kier alpha value is -3.13. The number of carboxylic acids is 2. The van der Waals surface area contributed by atoms with Crippen LogP contribution in [0.5, 0.6) is 11.5 Å². The molecule has 0 aliphatic heterocycles. The van der Waals surface area contributed by atoms with Crippen LogP contribution in [0.2, 0.25) is 0 Å². The summed E-state index contributed by atoms with van der Waals surface area (Å²) in [4.78, 5) is 18.2. The minimum Gasteiger partial charge on any atom is -0.497 e. The molecule has 0 unspecified atom stereocenters. The molecule has 0 heterocycles. The smallest absolute Gasteiger partial charge is 0.414 e. The third-order valence-corrected chi connectivity index (χ3v) is 3.24. The van der Waals surface area contributed by atoms with Crippen molar-refractivity contribution in [2.45, 2.75) is 13.1 Å². The lowest BCUT2D eigenvalue weighted by molar-refractivity contribution is -0.159. The van der Waals surface area contributed by atoms with E-state index in [2.05, 4.69) is 5.32 Å². The fourth-order valence-corrected chi connectivity index (χ4v) is 1.94. The van der Waals surface area contributed by atoms with E-state index in [-0.39, 0.29) is 5.82 Å². The maximum Gasteiger partial charge on any atom is 0.414 e. The molecule has 0 atom stereocenters. The second-order valence-electron chi connectivity index (χ2n) is 5.02. The van der Waals surface area contributed by atoms with Crippen LogP contribution in [0.15, 0.2) is 42.5 Å². The maximum absolute atomic E-state index is 12.8. The Balaban J connectivity index is 0.000000487. The summed E-state index contributed by atoms with van der Waals surface area (Å²) in [5.74, 6) is -2.31. The summed E-state index contributed by atoms with van der Waals surface area (Å²) < 4.78 is 23.3. The van der Waals surface area contributed by atoms with Crippen LogP contribution in [0.25, 0.3) is 0 Å². The highest BCUT2D eigenvalue weighted by molar-refractivity contribution is 6.27. The molecule has 2 rings (SSSR count).